The van der Waals surface area contributed by atoms with Crippen molar-refractivity contribution < 1.29 is 27.1 Å². The van der Waals surface area contributed by atoms with Crippen molar-refractivity contribution in [2.75, 3.05) is 7.11 Å². The zero-order valence-corrected chi connectivity index (χ0v) is 18.0. The highest BCUT2D eigenvalue weighted by Gasteiger charge is 2.30. The van der Waals surface area contributed by atoms with Gasteiger partial charge in [0.05, 0.1) is 23.6 Å². The van der Waals surface area contributed by atoms with Gasteiger partial charge in [-0.15, -0.1) is 0 Å². The van der Waals surface area contributed by atoms with E-state index in [0.717, 1.165) is 23.3 Å². The van der Waals surface area contributed by atoms with Gasteiger partial charge in [-0.3, -0.25) is 0 Å². The Bertz CT molecular complexity index is 1360. The molecule has 0 atom stereocenters. The average Bonchev–Trinajstić information content (AvgIpc) is 2.78. The van der Waals surface area contributed by atoms with Crippen molar-refractivity contribution in [3.63, 3.8) is 0 Å². The molecule has 33 heavy (non-hydrogen) atoms. The van der Waals surface area contributed by atoms with E-state index in [2.05, 4.69) is 0 Å². The number of ether oxygens (including phenoxy) is 2. The first-order valence-electron chi connectivity index (χ1n) is 10.2. The summed E-state index contributed by atoms with van der Waals surface area (Å²) in [5.74, 6) is 0.781. The lowest BCUT2D eigenvalue weighted by molar-refractivity contribution is -0.137. The van der Waals surface area contributed by atoms with Crippen molar-refractivity contribution in [1.29, 1.82) is 0 Å². The summed E-state index contributed by atoms with van der Waals surface area (Å²) >= 11 is 0. The van der Waals surface area contributed by atoms with E-state index in [-0.39, 0.29) is 24.4 Å². The van der Waals surface area contributed by atoms with Crippen LogP contribution in [0.15, 0.2) is 75.9 Å². The first-order chi connectivity index (χ1) is 15.7. The van der Waals surface area contributed by atoms with E-state index in [1.807, 2.05) is 31.2 Å². The molecule has 0 N–H and O–H groups in total. The summed E-state index contributed by atoms with van der Waals surface area (Å²) < 4.78 is 56.0. The first-order valence-corrected chi connectivity index (χ1v) is 10.2. The van der Waals surface area contributed by atoms with Crippen molar-refractivity contribution in [2.24, 2.45) is 0 Å². The Kier molecular flexibility index (Phi) is 6.14. The van der Waals surface area contributed by atoms with Gasteiger partial charge in [-0.1, -0.05) is 42.0 Å². The van der Waals surface area contributed by atoms with Crippen molar-refractivity contribution in [3.8, 4) is 11.5 Å². The van der Waals surface area contributed by atoms with E-state index in [4.69, 9.17) is 13.9 Å². The topological polar surface area (TPSA) is 48.7 Å². The maximum absolute atomic E-state index is 13.1. The number of fused-ring (bicyclic) bond motifs is 1. The van der Waals surface area contributed by atoms with Crippen LogP contribution in [0.3, 0.4) is 0 Å². The van der Waals surface area contributed by atoms with Crippen LogP contribution in [0.2, 0.25) is 0 Å². The summed E-state index contributed by atoms with van der Waals surface area (Å²) in [7, 11) is 1.50. The second kappa shape index (κ2) is 9.02. The van der Waals surface area contributed by atoms with Gasteiger partial charge in [0, 0.05) is 12.5 Å². The van der Waals surface area contributed by atoms with E-state index in [9.17, 15) is 18.0 Å². The molecule has 1 heterocycles. The minimum atomic E-state index is -4.45. The molecule has 0 aliphatic rings. The molecule has 1 aromatic heterocycles. The fraction of sp³-hybridized carbons (Fsp3) is 0.192. The minimum Gasteiger partial charge on any atom is -0.497 e. The quantitative estimate of drug-likeness (QED) is 0.321. The third-order valence-corrected chi connectivity index (χ3v) is 5.26. The van der Waals surface area contributed by atoms with Gasteiger partial charge in [-0.05, 0) is 42.3 Å². The zero-order valence-electron chi connectivity index (χ0n) is 18.0. The Hall–Kier alpha value is -3.74. The lowest BCUT2D eigenvalue weighted by Gasteiger charge is -2.15. The predicted molar refractivity (Wildman–Crippen MR) is 119 cm³/mol. The molecular formula is C26H21F3O4. The van der Waals surface area contributed by atoms with Gasteiger partial charge in [0.1, 0.15) is 23.7 Å². The van der Waals surface area contributed by atoms with Crippen LogP contribution in [0.25, 0.3) is 11.0 Å². The molecule has 0 bridgehead atoms. The molecule has 0 aliphatic heterocycles. The lowest BCUT2D eigenvalue weighted by Crippen LogP contribution is -2.12. The molecule has 0 spiro atoms. The van der Waals surface area contributed by atoms with E-state index < -0.39 is 17.4 Å². The number of rotatable bonds is 6. The van der Waals surface area contributed by atoms with Crippen molar-refractivity contribution >= 4 is 11.0 Å². The molecule has 7 heteroatoms. The summed E-state index contributed by atoms with van der Waals surface area (Å²) in [5, 5.41) is 0.532. The van der Waals surface area contributed by atoms with Gasteiger partial charge >= 0.3 is 11.8 Å². The van der Waals surface area contributed by atoms with Gasteiger partial charge in [0.2, 0.25) is 0 Å². The third-order valence-electron chi connectivity index (χ3n) is 5.26. The Morgan fingerprint density at radius 2 is 1.70 bits per heavy atom. The highest BCUT2D eigenvalue weighted by molar-refractivity contribution is 5.85. The van der Waals surface area contributed by atoms with Crippen molar-refractivity contribution in [3.05, 3.63) is 105 Å². The summed E-state index contributed by atoms with van der Waals surface area (Å²) in [5.41, 5.74) is 1.49. The lowest BCUT2D eigenvalue weighted by atomic mass is 10.0. The zero-order chi connectivity index (χ0) is 23.6. The Balaban J connectivity index is 1.77. The molecule has 0 saturated carbocycles. The number of aryl methyl sites for hydroxylation is 1. The standard InChI is InChI=1S/C26H21F3O4/c1-16-5-3-6-17(11-16)13-22-24(21-10-9-20(31-2)14-23(21)33-25(22)30)32-15-18-7-4-8-19(12-18)26(27,28)29/h3-12,14H,13,15H2,1-2H3. The first kappa shape index (κ1) is 22.5. The maximum Gasteiger partial charge on any atom is 0.416 e. The van der Waals surface area contributed by atoms with Crippen LogP contribution >= 0.6 is 0 Å². The highest BCUT2D eigenvalue weighted by Crippen LogP contribution is 2.33. The SMILES string of the molecule is COc1ccc2c(OCc3cccc(C(F)(F)F)c3)c(Cc3cccc(C)c3)c(=O)oc2c1. The summed E-state index contributed by atoms with van der Waals surface area (Å²) in [4.78, 5) is 12.9. The molecule has 0 unspecified atom stereocenters. The van der Waals surface area contributed by atoms with E-state index in [1.165, 1.54) is 13.2 Å². The van der Waals surface area contributed by atoms with Crippen molar-refractivity contribution in [1.82, 2.24) is 0 Å². The number of halogens is 3. The summed E-state index contributed by atoms with van der Waals surface area (Å²) in [6, 6.07) is 17.6. The number of methoxy groups -OCH3 is 1. The minimum absolute atomic E-state index is 0.144. The molecule has 170 valence electrons. The van der Waals surface area contributed by atoms with E-state index in [1.54, 1.807) is 24.3 Å². The van der Waals surface area contributed by atoms with Crippen LogP contribution in [0, 0.1) is 6.92 Å². The molecule has 0 fully saturated rings. The number of hydrogen-bond acceptors (Lipinski definition) is 4. The molecule has 0 radical (unpaired) electrons. The number of benzene rings is 3. The van der Waals surface area contributed by atoms with Crippen LogP contribution in [-0.2, 0) is 19.2 Å². The van der Waals surface area contributed by atoms with Crippen molar-refractivity contribution in [2.45, 2.75) is 26.1 Å². The fourth-order valence-electron chi connectivity index (χ4n) is 3.65. The predicted octanol–water partition coefficient (Wildman–Crippen LogP) is 6.30. The molecular weight excluding hydrogens is 433 g/mol. The fourth-order valence-corrected chi connectivity index (χ4v) is 3.65. The van der Waals surface area contributed by atoms with Crippen LogP contribution in [0.1, 0.15) is 27.8 Å². The third kappa shape index (κ3) is 5.03. The molecule has 0 saturated heterocycles. The second-order valence-corrected chi connectivity index (χ2v) is 7.71. The molecule has 4 aromatic rings. The number of alkyl halides is 3. The van der Waals surface area contributed by atoms with Crippen LogP contribution in [0.4, 0.5) is 13.2 Å². The second-order valence-electron chi connectivity index (χ2n) is 7.71. The molecule has 0 amide bonds. The van der Waals surface area contributed by atoms with Gasteiger partial charge in [0.15, 0.2) is 0 Å². The van der Waals surface area contributed by atoms with Gasteiger partial charge in [-0.2, -0.15) is 13.2 Å². The Morgan fingerprint density at radius 1 is 0.939 bits per heavy atom. The molecule has 3 aromatic carbocycles. The number of hydrogen-bond donors (Lipinski definition) is 0. The van der Waals surface area contributed by atoms with E-state index in [0.29, 0.717) is 22.3 Å². The largest absolute Gasteiger partial charge is 0.497 e. The normalized spacial score (nSPS) is 11.5. The summed E-state index contributed by atoms with van der Waals surface area (Å²) in [6.45, 7) is 1.80. The Labute approximate surface area is 188 Å². The molecule has 0 aliphatic carbocycles. The maximum atomic E-state index is 13.1. The van der Waals surface area contributed by atoms with E-state index >= 15 is 0 Å². The monoisotopic (exact) mass is 454 g/mol. The van der Waals surface area contributed by atoms with Crippen LogP contribution in [-0.4, -0.2) is 7.11 Å². The summed E-state index contributed by atoms with van der Waals surface area (Å²) in [6.07, 6.45) is -4.20. The van der Waals surface area contributed by atoms with Gasteiger partial charge in [-0.25, -0.2) is 4.79 Å². The smallest absolute Gasteiger partial charge is 0.416 e. The average molecular weight is 454 g/mol. The molecule has 4 rings (SSSR count). The van der Waals surface area contributed by atoms with Gasteiger partial charge < -0.3 is 13.9 Å². The molecule has 4 nitrogen and oxygen atoms in total. The van der Waals surface area contributed by atoms with Crippen LogP contribution in [0.5, 0.6) is 11.5 Å². The van der Waals surface area contributed by atoms with Gasteiger partial charge in [0.25, 0.3) is 0 Å². The Morgan fingerprint density at radius 3 is 2.42 bits per heavy atom. The van der Waals surface area contributed by atoms with Crippen LogP contribution < -0.4 is 15.1 Å². The highest BCUT2D eigenvalue weighted by atomic mass is 19.4.